The van der Waals surface area contributed by atoms with E-state index in [1.165, 1.54) is 4.57 Å². The third-order valence-electron chi connectivity index (χ3n) is 3.85. The number of hydrogen-bond acceptors (Lipinski definition) is 3. The lowest BCUT2D eigenvalue weighted by molar-refractivity contribution is -0.143. The summed E-state index contributed by atoms with van der Waals surface area (Å²) < 4.78 is 1.78. The van der Waals surface area contributed by atoms with Gasteiger partial charge in [0.1, 0.15) is 0 Å². The maximum Gasteiger partial charge on any atom is 0.306 e. The quantitative estimate of drug-likeness (QED) is 0.866. The molecule has 114 valence electrons. The molecule has 1 saturated carbocycles. The summed E-state index contributed by atoms with van der Waals surface area (Å²) in [4.78, 5) is 34.6. The van der Waals surface area contributed by atoms with Crippen LogP contribution in [0.25, 0.3) is 0 Å². The number of amides is 1. The Morgan fingerprint density at radius 2 is 1.86 bits per heavy atom. The maximum atomic E-state index is 12.2. The minimum atomic E-state index is -0.782. The van der Waals surface area contributed by atoms with Gasteiger partial charge < -0.3 is 15.0 Å². The Hall–Kier alpha value is -1.63. The van der Waals surface area contributed by atoms with E-state index in [0.29, 0.717) is 35.8 Å². The van der Waals surface area contributed by atoms with E-state index >= 15 is 0 Å². The summed E-state index contributed by atoms with van der Waals surface area (Å²) in [6, 6.07) is 1.57. The van der Waals surface area contributed by atoms with Crippen molar-refractivity contribution in [2.75, 3.05) is 5.32 Å². The van der Waals surface area contributed by atoms with Crippen molar-refractivity contribution in [3.8, 4) is 0 Å². The Morgan fingerprint density at radius 3 is 2.38 bits per heavy atom. The molecule has 0 radical (unpaired) electrons. The molecule has 0 bridgehead atoms. The third-order valence-corrected chi connectivity index (χ3v) is 4.42. The predicted molar refractivity (Wildman–Crippen MR) is 81.1 cm³/mol. The average molecular weight is 357 g/mol. The maximum absolute atomic E-state index is 12.2. The number of aromatic nitrogens is 1. The second-order valence-corrected chi connectivity index (χ2v) is 6.22. The van der Waals surface area contributed by atoms with Gasteiger partial charge >= 0.3 is 5.97 Å². The van der Waals surface area contributed by atoms with Crippen molar-refractivity contribution in [1.82, 2.24) is 4.57 Å². The Morgan fingerprint density at radius 1 is 1.29 bits per heavy atom. The molecule has 2 rings (SSSR count). The van der Waals surface area contributed by atoms with Crippen LogP contribution in [0.1, 0.15) is 25.7 Å². The number of carbonyl (C=O) groups is 2. The van der Waals surface area contributed by atoms with Gasteiger partial charge in [0.25, 0.3) is 5.56 Å². The van der Waals surface area contributed by atoms with Crippen molar-refractivity contribution in [1.29, 1.82) is 0 Å². The summed E-state index contributed by atoms with van der Waals surface area (Å²) in [5.41, 5.74) is 0.379. The topological polar surface area (TPSA) is 88.4 Å². The van der Waals surface area contributed by atoms with Crippen molar-refractivity contribution in [3.05, 3.63) is 27.1 Å². The summed E-state index contributed by atoms with van der Waals surface area (Å²) >= 11 is 3.16. The van der Waals surface area contributed by atoms with E-state index in [9.17, 15) is 14.4 Å². The molecule has 0 atom stereocenters. The molecule has 1 heterocycles. The largest absolute Gasteiger partial charge is 0.481 e. The number of nitrogens with one attached hydrogen (secondary N) is 1. The van der Waals surface area contributed by atoms with Gasteiger partial charge in [-0.3, -0.25) is 14.4 Å². The fourth-order valence-electron chi connectivity index (χ4n) is 2.59. The van der Waals surface area contributed by atoms with Gasteiger partial charge in [-0.05, 0) is 47.7 Å². The molecule has 0 spiro atoms. The number of carboxylic acid groups (broad SMARTS) is 1. The zero-order valence-corrected chi connectivity index (χ0v) is 13.2. The van der Waals surface area contributed by atoms with Crippen molar-refractivity contribution < 1.29 is 14.7 Å². The minimum Gasteiger partial charge on any atom is -0.481 e. The van der Waals surface area contributed by atoms with Crippen molar-refractivity contribution in [3.63, 3.8) is 0 Å². The van der Waals surface area contributed by atoms with E-state index in [1.54, 1.807) is 19.3 Å². The van der Waals surface area contributed by atoms with Crippen LogP contribution >= 0.6 is 15.9 Å². The lowest BCUT2D eigenvalue weighted by Crippen LogP contribution is -2.30. The molecule has 0 aromatic carbocycles. The molecule has 1 amide bonds. The van der Waals surface area contributed by atoms with Crippen LogP contribution in [0.2, 0.25) is 0 Å². The van der Waals surface area contributed by atoms with Gasteiger partial charge in [-0.2, -0.15) is 0 Å². The van der Waals surface area contributed by atoms with Crippen LogP contribution < -0.4 is 10.9 Å². The van der Waals surface area contributed by atoms with Crippen LogP contribution in [0.3, 0.4) is 0 Å². The van der Waals surface area contributed by atoms with Gasteiger partial charge in [0.2, 0.25) is 5.91 Å². The Bertz CT molecular complexity index is 592. The van der Waals surface area contributed by atoms with Gasteiger partial charge in [0.05, 0.1) is 16.1 Å². The van der Waals surface area contributed by atoms with Gasteiger partial charge in [-0.15, -0.1) is 0 Å². The highest BCUT2D eigenvalue weighted by Crippen LogP contribution is 2.29. The number of aryl methyl sites for hydroxylation is 1. The first-order valence-corrected chi connectivity index (χ1v) is 7.57. The molecule has 0 saturated heterocycles. The number of rotatable bonds is 3. The zero-order valence-electron chi connectivity index (χ0n) is 11.6. The fourth-order valence-corrected chi connectivity index (χ4v) is 3.11. The molecular formula is C14H17BrN2O4. The Labute approximate surface area is 130 Å². The summed E-state index contributed by atoms with van der Waals surface area (Å²) in [6.07, 6.45) is 3.79. The molecular weight excluding hydrogens is 340 g/mol. The van der Waals surface area contributed by atoms with Crippen LogP contribution in [0.15, 0.2) is 21.5 Å². The average Bonchev–Trinajstić information content (AvgIpc) is 2.44. The number of anilines is 1. The van der Waals surface area contributed by atoms with E-state index in [0.717, 1.165) is 0 Å². The fraction of sp³-hybridized carbons (Fsp3) is 0.500. The van der Waals surface area contributed by atoms with Crippen LogP contribution in [0.4, 0.5) is 5.69 Å². The first-order valence-electron chi connectivity index (χ1n) is 6.78. The molecule has 1 aliphatic rings. The first kappa shape index (κ1) is 15.8. The van der Waals surface area contributed by atoms with Crippen molar-refractivity contribution >= 4 is 33.5 Å². The standard InChI is InChI=1S/C14H17BrN2O4/c1-17-7-10(6-11(15)13(17)19)16-12(18)8-2-4-9(5-3-8)14(20)21/h6-9H,2-5H2,1H3,(H,16,18)(H,20,21). The Kier molecular flexibility index (Phi) is 4.82. The summed E-state index contributed by atoms with van der Waals surface area (Å²) in [5, 5.41) is 11.7. The number of aliphatic carboxylic acids is 1. The number of carboxylic acids is 1. The van der Waals surface area contributed by atoms with Crippen LogP contribution in [0.5, 0.6) is 0 Å². The van der Waals surface area contributed by atoms with Crippen LogP contribution in [-0.4, -0.2) is 21.6 Å². The molecule has 1 aromatic rings. The highest BCUT2D eigenvalue weighted by atomic mass is 79.9. The summed E-state index contributed by atoms with van der Waals surface area (Å²) in [7, 11) is 1.61. The smallest absolute Gasteiger partial charge is 0.306 e. The molecule has 1 fully saturated rings. The second kappa shape index (κ2) is 6.43. The SMILES string of the molecule is Cn1cc(NC(=O)C2CCC(C(=O)O)CC2)cc(Br)c1=O. The molecule has 6 nitrogen and oxygen atoms in total. The Balaban J connectivity index is 2.00. The molecule has 1 aliphatic carbocycles. The van der Waals surface area contributed by atoms with E-state index in [2.05, 4.69) is 21.2 Å². The second-order valence-electron chi connectivity index (χ2n) is 5.37. The monoisotopic (exact) mass is 356 g/mol. The first-order chi connectivity index (χ1) is 9.88. The van der Waals surface area contributed by atoms with Crippen molar-refractivity contribution in [2.24, 2.45) is 18.9 Å². The normalized spacial score (nSPS) is 21.8. The molecule has 0 aliphatic heterocycles. The van der Waals surface area contributed by atoms with Gasteiger partial charge in [0, 0.05) is 19.2 Å². The highest BCUT2D eigenvalue weighted by molar-refractivity contribution is 9.10. The van der Waals surface area contributed by atoms with E-state index < -0.39 is 5.97 Å². The van der Waals surface area contributed by atoms with Crippen LogP contribution in [-0.2, 0) is 16.6 Å². The number of pyridine rings is 1. The highest BCUT2D eigenvalue weighted by Gasteiger charge is 2.29. The predicted octanol–water partition coefficient (Wildman–Crippen LogP) is 1.98. The minimum absolute atomic E-state index is 0.121. The van der Waals surface area contributed by atoms with Crippen molar-refractivity contribution in [2.45, 2.75) is 25.7 Å². The van der Waals surface area contributed by atoms with Gasteiger partial charge in [-0.25, -0.2) is 0 Å². The lowest BCUT2D eigenvalue weighted by atomic mass is 9.81. The number of nitrogens with zero attached hydrogens (tertiary/aromatic N) is 1. The number of hydrogen-bond donors (Lipinski definition) is 2. The van der Waals surface area contributed by atoms with Gasteiger partial charge in [0.15, 0.2) is 0 Å². The summed E-state index contributed by atoms with van der Waals surface area (Å²) in [6.45, 7) is 0. The molecule has 7 heteroatoms. The third kappa shape index (κ3) is 3.72. The van der Waals surface area contributed by atoms with E-state index in [-0.39, 0.29) is 23.3 Å². The molecule has 0 unspecified atom stereocenters. The van der Waals surface area contributed by atoms with Gasteiger partial charge in [-0.1, -0.05) is 0 Å². The lowest BCUT2D eigenvalue weighted by Gasteiger charge is -2.25. The molecule has 21 heavy (non-hydrogen) atoms. The van der Waals surface area contributed by atoms with E-state index in [4.69, 9.17) is 5.11 Å². The number of halogens is 1. The van der Waals surface area contributed by atoms with E-state index in [1.807, 2.05) is 0 Å². The molecule has 2 N–H and O–H groups in total. The van der Waals surface area contributed by atoms with Crippen LogP contribution in [0, 0.1) is 11.8 Å². The summed E-state index contributed by atoms with van der Waals surface area (Å²) in [5.74, 6) is -1.41. The molecule has 1 aromatic heterocycles. The zero-order chi connectivity index (χ0) is 15.6. The number of carbonyl (C=O) groups excluding carboxylic acids is 1.